The van der Waals surface area contributed by atoms with E-state index in [-0.39, 0.29) is 5.54 Å². The third kappa shape index (κ3) is 2.64. The van der Waals surface area contributed by atoms with E-state index in [0.717, 1.165) is 13.0 Å². The van der Waals surface area contributed by atoms with E-state index in [4.69, 9.17) is 0 Å². The quantitative estimate of drug-likeness (QED) is 0.851. The smallest absolute Gasteiger partial charge is 0.0351 e. The van der Waals surface area contributed by atoms with Gasteiger partial charge in [-0.15, -0.1) is 11.3 Å². The van der Waals surface area contributed by atoms with Crippen LogP contribution < -0.4 is 5.32 Å². The highest BCUT2D eigenvalue weighted by molar-refractivity contribution is 7.19. The van der Waals surface area contributed by atoms with Gasteiger partial charge < -0.3 is 5.32 Å². The van der Waals surface area contributed by atoms with E-state index < -0.39 is 0 Å². The van der Waals surface area contributed by atoms with Gasteiger partial charge in [-0.2, -0.15) is 0 Å². The van der Waals surface area contributed by atoms with Gasteiger partial charge in [-0.25, -0.2) is 0 Å². The van der Waals surface area contributed by atoms with Crippen molar-refractivity contribution in [2.24, 2.45) is 0 Å². The molecule has 1 aliphatic carbocycles. The Morgan fingerprint density at radius 1 is 1.15 bits per heavy atom. The van der Waals surface area contributed by atoms with Crippen molar-refractivity contribution >= 4 is 21.4 Å². The van der Waals surface area contributed by atoms with Crippen molar-refractivity contribution in [3.63, 3.8) is 0 Å². The molecule has 0 bridgehead atoms. The van der Waals surface area contributed by atoms with Gasteiger partial charge in [0.25, 0.3) is 0 Å². The zero-order valence-electron chi connectivity index (χ0n) is 13.1. The van der Waals surface area contributed by atoms with E-state index in [1.165, 1.54) is 34.2 Å². The molecule has 108 valence electrons. The molecule has 0 saturated heterocycles. The van der Waals surface area contributed by atoms with Gasteiger partial charge in [-0.05, 0) is 80.7 Å². The van der Waals surface area contributed by atoms with E-state index in [1.54, 1.807) is 16.7 Å². The number of fused-ring (bicyclic) bond motifs is 2. The average molecular weight is 287 g/mol. The lowest BCUT2D eigenvalue weighted by molar-refractivity contribution is 0.426. The highest BCUT2D eigenvalue weighted by Crippen LogP contribution is 2.36. The molecule has 20 heavy (non-hydrogen) atoms. The van der Waals surface area contributed by atoms with Gasteiger partial charge >= 0.3 is 0 Å². The summed E-state index contributed by atoms with van der Waals surface area (Å²) in [5.41, 5.74) is 4.94. The summed E-state index contributed by atoms with van der Waals surface area (Å²) in [5, 5.41) is 5.16. The van der Waals surface area contributed by atoms with E-state index in [9.17, 15) is 0 Å². The van der Waals surface area contributed by atoms with Crippen LogP contribution in [-0.4, -0.2) is 5.54 Å². The summed E-state index contributed by atoms with van der Waals surface area (Å²) in [5.74, 6) is 0. The molecule has 0 amide bonds. The van der Waals surface area contributed by atoms with Crippen LogP contribution in [0.4, 0.5) is 0 Å². The minimum Gasteiger partial charge on any atom is -0.307 e. The number of nitrogens with one attached hydrogen (secondary N) is 1. The molecule has 2 heteroatoms. The Kier molecular flexibility index (Phi) is 3.64. The minimum atomic E-state index is 0.183. The Bertz CT molecular complexity index is 631. The Labute approximate surface area is 126 Å². The van der Waals surface area contributed by atoms with E-state index in [2.05, 4.69) is 45.1 Å². The highest BCUT2D eigenvalue weighted by Gasteiger charge is 2.18. The van der Waals surface area contributed by atoms with Gasteiger partial charge in [0.05, 0.1) is 0 Å². The summed E-state index contributed by atoms with van der Waals surface area (Å²) >= 11 is 1.99. The molecular formula is C18H25NS. The second-order valence-electron chi connectivity index (χ2n) is 6.93. The molecule has 0 fully saturated rings. The Morgan fingerprint density at radius 2 is 1.85 bits per heavy atom. The monoisotopic (exact) mass is 287 g/mol. The van der Waals surface area contributed by atoms with Crippen LogP contribution >= 0.6 is 11.3 Å². The molecular weight excluding hydrogens is 262 g/mol. The first-order valence-electron chi connectivity index (χ1n) is 7.79. The van der Waals surface area contributed by atoms with Crippen LogP contribution in [0.1, 0.15) is 55.7 Å². The maximum absolute atomic E-state index is 3.64. The zero-order chi connectivity index (χ0) is 14.3. The fourth-order valence-electron chi connectivity index (χ4n) is 3.14. The summed E-state index contributed by atoms with van der Waals surface area (Å²) in [6.07, 6.45) is 5.03. The Balaban J connectivity index is 2.01. The van der Waals surface area contributed by atoms with Crippen molar-refractivity contribution in [2.75, 3.05) is 0 Å². The van der Waals surface area contributed by atoms with Crippen LogP contribution in [0, 0.1) is 0 Å². The molecule has 0 spiro atoms. The summed E-state index contributed by atoms with van der Waals surface area (Å²) in [6, 6.07) is 4.94. The maximum atomic E-state index is 3.64. The van der Waals surface area contributed by atoms with Crippen molar-refractivity contribution in [2.45, 2.75) is 65.5 Å². The molecule has 1 N–H and O–H groups in total. The van der Waals surface area contributed by atoms with Crippen LogP contribution in [0.15, 0.2) is 12.1 Å². The molecule has 0 unspecified atom stereocenters. The third-order valence-electron chi connectivity index (χ3n) is 4.22. The predicted octanol–water partition coefficient (Wildman–Crippen LogP) is 4.84. The largest absolute Gasteiger partial charge is 0.307 e. The number of thiophene rings is 1. The van der Waals surface area contributed by atoms with Crippen LogP contribution in [-0.2, 0) is 25.8 Å². The van der Waals surface area contributed by atoms with Gasteiger partial charge in [-0.1, -0.05) is 6.92 Å². The van der Waals surface area contributed by atoms with Crippen molar-refractivity contribution in [3.05, 3.63) is 33.7 Å². The van der Waals surface area contributed by atoms with Crippen molar-refractivity contribution in [1.82, 2.24) is 5.32 Å². The molecule has 2 aromatic rings. The van der Waals surface area contributed by atoms with E-state index in [1.807, 2.05) is 11.3 Å². The molecule has 0 saturated carbocycles. The summed E-state index contributed by atoms with van der Waals surface area (Å²) < 4.78 is 1.49. The van der Waals surface area contributed by atoms with Crippen LogP contribution in [0.5, 0.6) is 0 Å². The van der Waals surface area contributed by atoms with Crippen molar-refractivity contribution < 1.29 is 0 Å². The van der Waals surface area contributed by atoms with E-state index >= 15 is 0 Å². The first-order valence-corrected chi connectivity index (χ1v) is 8.60. The molecule has 1 heterocycles. The fourth-order valence-corrected chi connectivity index (χ4v) is 4.42. The minimum absolute atomic E-state index is 0.183. The molecule has 0 aliphatic heterocycles. The second-order valence-corrected chi connectivity index (χ2v) is 8.07. The van der Waals surface area contributed by atoms with E-state index in [0.29, 0.717) is 0 Å². The van der Waals surface area contributed by atoms with Crippen molar-refractivity contribution in [3.8, 4) is 0 Å². The lowest BCUT2D eigenvalue weighted by Crippen LogP contribution is -2.35. The number of benzene rings is 1. The molecule has 0 atom stereocenters. The third-order valence-corrected chi connectivity index (χ3v) is 5.42. The lowest BCUT2D eigenvalue weighted by atomic mass is 10.0. The summed E-state index contributed by atoms with van der Waals surface area (Å²) in [7, 11) is 0. The summed E-state index contributed by atoms with van der Waals surface area (Å²) in [4.78, 5) is 1.53. The van der Waals surface area contributed by atoms with Crippen molar-refractivity contribution in [1.29, 1.82) is 0 Å². The molecule has 1 nitrogen and oxygen atoms in total. The molecule has 0 radical (unpaired) electrons. The first-order chi connectivity index (χ1) is 9.48. The molecule has 1 aromatic heterocycles. The molecule has 1 aromatic carbocycles. The van der Waals surface area contributed by atoms with Gasteiger partial charge in [0.1, 0.15) is 0 Å². The van der Waals surface area contributed by atoms with Gasteiger partial charge in [-0.3, -0.25) is 0 Å². The number of hydrogen-bond acceptors (Lipinski definition) is 2. The standard InChI is InChI=1S/C18H25NS/c1-5-14-15-9-12-7-6-8-13(12)10-16(15)20-17(14)11-19-18(2,3)4/h9-10,19H,5-8,11H2,1-4H3. The normalized spacial score (nSPS) is 15.0. The SMILES string of the molecule is CCc1c(CNC(C)(C)C)sc2cc3c(cc12)CCC3. The van der Waals surface area contributed by atoms with Crippen LogP contribution in [0.3, 0.4) is 0 Å². The number of rotatable bonds is 3. The summed E-state index contributed by atoms with van der Waals surface area (Å²) in [6.45, 7) is 9.99. The first kappa shape index (κ1) is 14.1. The fraction of sp³-hybridized carbons (Fsp3) is 0.556. The Morgan fingerprint density at radius 3 is 2.50 bits per heavy atom. The van der Waals surface area contributed by atoms with Gasteiger partial charge in [0.15, 0.2) is 0 Å². The topological polar surface area (TPSA) is 12.0 Å². The maximum Gasteiger partial charge on any atom is 0.0351 e. The second kappa shape index (κ2) is 5.16. The zero-order valence-corrected chi connectivity index (χ0v) is 13.9. The average Bonchev–Trinajstić information content (AvgIpc) is 2.95. The Hall–Kier alpha value is -0.860. The molecule has 3 rings (SSSR count). The number of hydrogen-bond donors (Lipinski definition) is 1. The highest BCUT2D eigenvalue weighted by atomic mass is 32.1. The molecule has 1 aliphatic rings. The van der Waals surface area contributed by atoms with Gasteiger partial charge in [0.2, 0.25) is 0 Å². The lowest BCUT2D eigenvalue weighted by Gasteiger charge is -2.20. The number of aryl methyl sites for hydroxylation is 3. The van der Waals surface area contributed by atoms with Crippen LogP contribution in [0.2, 0.25) is 0 Å². The van der Waals surface area contributed by atoms with Crippen LogP contribution in [0.25, 0.3) is 10.1 Å². The van der Waals surface area contributed by atoms with Gasteiger partial charge in [0, 0.05) is 21.7 Å². The predicted molar refractivity (Wildman–Crippen MR) is 89.8 cm³/mol.